The molecular weight excluding hydrogens is 278 g/mol. The molecule has 10 nitrogen and oxygen atoms in total. The number of aromatic nitrogens is 3. The summed E-state index contributed by atoms with van der Waals surface area (Å²) in [5, 5.41) is 14.9. The van der Waals surface area contributed by atoms with Gasteiger partial charge in [0, 0.05) is 20.3 Å². The number of amides is 1. The number of hydrogen-bond donors (Lipinski definition) is 2. The van der Waals surface area contributed by atoms with Crippen molar-refractivity contribution in [2.24, 2.45) is 5.84 Å². The van der Waals surface area contributed by atoms with E-state index < -0.39 is 4.92 Å². The molecule has 0 spiro atoms. The van der Waals surface area contributed by atoms with E-state index in [4.69, 9.17) is 5.84 Å². The Bertz CT molecular complexity index is 695. The molecule has 2 rings (SSSR count). The van der Waals surface area contributed by atoms with Gasteiger partial charge in [0.1, 0.15) is 5.82 Å². The standard InChI is InChI=1S/C11H13N7O3/c1-16(2)11(19)8-3-4-17(15-8)10-6-7(18(20)21)5-9(13-10)14-12/h3-6H,12H2,1-2H3,(H,13,14). The van der Waals surface area contributed by atoms with Crippen LogP contribution in [0.1, 0.15) is 10.5 Å². The molecule has 10 heteroatoms. The van der Waals surface area contributed by atoms with Crippen LogP contribution in [-0.4, -0.2) is 44.6 Å². The van der Waals surface area contributed by atoms with Crippen molar-refractivity contribution in [2.45, 2.75) is 0 Å². The molecule has 0 aliphatic carbocycles. The molecule has 110 valence electrons. The highest BCUT2D eigenvalue weighted by atomic mass is 16.6. The van der Waals surface area contributed by atoms with Gasteiger partial charge in [0.05, 0.1) is 17.1 Å². The van der Waals surface area contributed by atoms with Crippen LogP contribution in [0.15, 0.2) is 24.4 Å². The number of carbonyl (C=O) groups excluding carboxylic acids is 1. The number of nitrogens with two attached hydrogens (primary N) is 1. The second-order valence-corrected chi connectivity index (χ2v) is 4.32. The van der Waals surface area contributed by atoms with Crippen molar-refractivity contribution < 1.29 is 9.72 Å². The van der Waals surface area contributed by atoms with Gasteiger partial charge in [-0.25, -0.2) is 15.5 Å². The fourth-order valence-corrected chi connectivity index (χ4v) is 1.59. The van der Waals surface area contributed by atoms with Crippen molar-refractivity contribution in [3.05, 3.63) is 40.2 Å². The molecule has 0 aromatic carbocycles. The third-order valence-electron chi connectivity index (χ3n) is 2.60. The summed E-state index contributed by atoms with van der Waals surface area (Å²) in [5.74, 6) is 5.25. The zero-order valence-electron chi connectivity index (χ0n) is 11.3. The molecule has 0 aliphatic rings. The average Bonchev–Trinajstić information content (AvgIpc) is 2.95. The quantitative estimate of drug-likeness (QED) is 0.466. The Labute approximate surface area is 119 Å². The Balaban J connectivity index is 2.44. The Morgan fingerprint density at radius 1 is 1.48 bits per heavy atom. The fourth-order valence-electron chi connectivity index (χ4n) is 1.59. The molecule has 0 bridgehead atoms. The second-order valence-electron chi connectivity index (χ2n) is 4.32. The zero-order valence-corrected chi connectivity index (χ0v) is 11.3. The lowest BCUT2D eigenvalue weighted by Crippen LogP contribution is -2.22. The average molecular weight is 291 g/mol. The summed E-state index contributed by atoms with van der Waals surface area (Å²) < 4.78 is 1.27. The van der Waals surface area contributed by atoms with Crippen LogP contribution in [0.2, 0.25) is 0 Å². The number of anilines is 1. The maximum atomic E-state index is 11.8. The van der Waals surface area contributed by atoms with Crippen LogP contribution < -0.4 is 11.3 Å². The van der Waals surface area contributed by atoms with E-state index in [2.05, 4.69) is 15.5 Å². The van der Waals surface area contributed by atoms with Gasteiger partial charge in [0.2, 0.25) is 0 Å². The molecule has 21 heavy (non-hydrogen) atoms. The van der Waals surface area contributed by atoms with Crippen molar-refractivity contribution in [1.82, 2.24) is 19.7 Å². The number of hydrazine groups is 1. The maximum absolute atomic E-state index is 11.8. The molecular formula is C11H13N7O3. The van der Waals surface area contributed by atoms with E-state index in [1.807, 2.05) is 0 Å². The summed E-state index contributed by atoms with van der Waals surface area (Å²) in [6, 6.07) is 3.93. The number of nitrogens with one attached hydrogen (secondary N) is 1. The van der Waals surface area contributed by atoms with E-state index >= 15 is 0 Å². The first-order valence-corrected chi connectivity index (χ1v) is 5.83. The van der Waals surface area contributed by atoms with Gasteiger partial charge in [-0.15, -0.1) is 0 Å². The van der Waals surface area contributed by atoms with E-state index in [0.717, 1.165) is 0 Å². The minimum Gasteiger partial charge on any atom is -0.343 e. The number of carbonyl (C=O) groups is 1. The Morgan fingerprint density at radius 3 is 2.76 bits per heavy atom. The van der Waals surface area contributed by atoms with Crippen molar-refractivity contribution in [3.8, 4) is 5.82 Å². The minimum atomic E-state index is -0.568. The summed E-state index contributed by atoms with van der Waals surface area (Å²) in [4.78, 5) is 27.5. The molecule has 2 heterocycles. The molecule has 0 radical (unpaired) electrons. The van der Waals surface area contributed by atoms with Gasteiger partial charge >= 0.3 is 0 Å². The minimum absolute atomic E-state index is 0.121. The van der Waals surface area contributed by atoms with Gasteiger partial charge in [0.15, 0.2) is 11.5 Å². The summed E-state index contributed by atoms with van der Waals surface area (Å²) in [6.45, 7) is 0. The van der Waals surface area contributed by atoms with Gasteiger partial charge in [-0.1, -0.05) is 0 Å². The van der Waals surface area contributed by atoms with Crippen LogP contribution in [0.25, 0.3) is 5.82 Å². The number of hydrogen-bond acceptors (Lipinski definition) is 7. The highest BCUT2D eigenvalue weighted by Gasteiger charge is 2.15. The van der Waals surface area contributed by atoms with E-state index in [0.29, 0.717) is 0 Å². The number of nitrogens with zero attached hydrogens (tertiary/aromatic N) is 5. The summed E-state index contributed by atoms with van der Waals surface area (Å²) in [7, 11) is 3.20. The maximum Gasteiger partial charge on any atom is 0.276 e. The van der Waals surface area contributed by atoms with Gasteiger partial charge in [0.25, 0.3) is 11.6 Å². The van der Waals surface area contributed by atoms with Gasteiger partial charge in [-0.05, 0) is 6.07 Å². The lowest BCUT2D eigenvalue weighted by molar-refractivity contribution is -0.384. The van der Waals surface area contributed by atoms with Gasteiger partial charge < -0.3 is 10.3 Å². The second kappa shape index (κ2) is 5.54. The number of nitrogen functional groups attached to an aromatic ring is 1. The largest absolute Gasteiger partial charge is 0.343 e. The van der Waals surface area contributed by atoms with Crippen molar-refractivity contribution in [2.75, 3.05) is 19.5 Å². The first-order chi connectivity index (χ1) is 9.92. The van der Waals surface area contributed by atoms with E-state index in [1.165, 1.54) is 34.0 Å². The van der Waals surface area contributed by atoms with E-state index in [1.54, 1.807) is 14.1 Å². The molecule has 0 saturated carbocycles. The van der Waals surface area contributed by atoms with Crippen molar-refractivity contribution in [3.63, 3.8) is 0 Å². The molecule has 2 aromatic heterocycles. The summed E-state index contributed by atoms with van der Waals surface area (Å²) in [6.07, 6.45) is 1.49. The third kappa shape index (κ3) is 2.95. The van der Waals surface area contributed by atoms with Crippen molar-refractivity contribution in [1.29, 1.82) is 0 Å². The van der Waals surface area contributed by atoms with Crippen LogP contribution in [0.5, 0.6) is 0 Å². The van der Waals surface area contributed by atoms with Crippen LogP contribution in [0.4, 0.5) is 11.5 Å². The van der Waals surface area contributed by atoms with Crippen LogP contribution in [-0.2, 0) is 0 Å². The van der Waals surface area contributed by atoms with Crippen molar-refractivity contribution >= 4 is 17.4 Å². The van der Waals surface area contributed by atoms with E-state index in [-0.39, 0.29) is 28.9 Å². The van der Waals surface area contributed by atoms with E-state index in [9.17, 15) is 14.9 Å². The molecule has 0 fully saturated rings. The van der Waals surface area contributed by atoms with Gasteiger partial charge in [-0.2, -0.15) is 5.10 Å². The Kier molecular flexibility index (Phi) is 3.80. The first kappa shape index (κ1) is 14.4. The van der Waals surface area contributed by atoms with Gasteiger partial charge in [-0.3, -0.25) is 14.9 Å². The topological polar surface area (TPSA) is 132 Å². The number of rotatable bonds is 4. The Morgan fingerprint density at radius 2 is 2.19 bits per heavy atom. The molecule has 0 atom stereocenters. The summed E-state index contributed by atoms with van der Waals surface area (Å²) in [5.41, 5.74) is 2.26. The first-order valence-electron chi connectivity index (χ1n) is 5.83. The molecule has 0 aliphatic heterocycles. The molecule has 0 saturated heterocycles. The smallest absolute Gasteiger partial charge is 0.276 e. The SMILES string of the molecule is CN(C)C(=O)c1ccn(-c2cc([N+](=O)[O-])cc(NN)n2)n1. The third-order valence-corrected chi connectivity index (χ3v) is 2.60. The normalized spacial score (nSPS) is 10.2. The van der Waals surface area contributed by atoms with Crippen LogP contribution in [0, 0.1) is 10.1 Å². The lowest BCUT2D eigenvalue weighted by Gasteiger charge is -2.07. The zero-order chi connectivity index (χ0) is 15.6. The predicted molar refractivity (Wildman–Crippen MR) is 73.8 cm³/mol. The molecule has 1 amide bonds. The molecule has 0 unspecified atom stereocenters. The molecule has 3 N–H and O–H groups in total. The van der Waals surface area contributed by atoms with Crippen LogP contribution >= 0.6 is 0 Å². The summed E-state index contributed by atoms with van der Waals surface area (Å²) >= 11 is 0. The predicted octanol–water partition coefficient (Wildman–Crippen LogP) is 0.163. The highest BCUT2D eigenvalue weighted by molar-refractivity contribution is 5.91. The number of nitro groups is 1. The van der Waals surface area contributed by atoms with Crippen LogP contribution in [0.3, 0.4) is 0 Å². The fraction of sp³-hybridized carbons (Fsp3) is 0.182. The highest BCUT2D eigenvalue weighted by Crippen LogP contribution is 2.19. The lowest BCUT2D eigenvalue weighted by atomic mass is 10.4. The monoisotopic (exact) mass is 291 g/mol. The molecule has 2 aromatic rings. The Hall–Kier alpha value is -3.01. The number of pyridine rings is 1.